The molecule has 2 rings (SSSR count). The number of anilines is 1. The molecule has 1 aromatic carbocycles. The fourth-order valence-corrected chi connectivity index (χ4v) is 2.51. The highest BCUT2D eigenvalue weighted by Gasteiger charge is 2.22. The molecule has 104 valence electrons. The Labute approximate surface area is 115 Å². The number of fused-ring (bicyclic) bond motifs is 1. The van der Waals surface area contributed by atoms with E-state index >= 15 is 0 Å². The first kappa shape index (κ1) is 13.9. The first-order chi connectivity index (χ1) is 9.02. The van der Waals surface area contributed by atoms with E-state index in [9.17, 15) is 4.79 Å². The van der Waals surface area contributed by atoms with Gasteiger partial charge in [-0.25, -0.2) is 0 Å². The van der Waals surface area contributed by atoms with Gasteiger partial charge in [0.1, 0.15) is 6.04 Å². The molecule has 1 aliphatic rings. The molecule has 0 aromatic heterocycles. The number of amides is 1. The molecule has 0 saturated heterocycles. The minimum Gasteiger partial charge on any atom is -0.374 e. The van der Waals surface area contributed by atoms with Crippen LogP contribution in [0.5, 0.6) is 0 Å². The van der Waals surface area contributed by atoms with Crippen LogP contribution in [0.2, 0.25) is 0 Å². The molecule has 1 aliphatic heterocycles. The monoisotopic (exact) mass is 261 g/mol. The summed E-state index contributed by atoms with van der Waals surface area (Å²) in [5, 5.41) is 3.30. The zero-order valence-corrected chi connectivity index (χ0v) is 11.9. The Balaban J connectivity index is 2.25. The maximum Gasteiger partial charge on any atom is 0.239 e. The van der Waals surface area contributed by atoms with Gasteiger partial charge < -0.3 is 10.6 Å². The molecule has 0 radical (unpaired) electrons. The minimum atomic E-state index is -0.397. The van der Waals surface area contributed by atoms with Gasteiger partial charge in [-0.1, -0.05) is 19.1 Å². The molecule has 0 fully saturated rings. The summed E-state index contributed by atoms with van der Waals surface area (Å²) < 4.78 is 0. The highest BCUT2D eigenvalue weighted by molar-refractivity contribution is 5.82. The lowest BCUT2D eigenvalue weighted by Gasteiger charge is -2.21. The van der Waals surface area contributed by atoms with Crippen molar-refractivity contribution in [2.24, 2.45) is 5.73 Å². The Morgan fingerprint density at radius 3 is 2.89 bits per heavy atom. The zero-order chi connectivity index (χ0) is 14.0. The van der Waals surface area contributed by atoms with Crippen molar-refractivity contribution in [1.82, 2.24) is 5.32 Å². The molecule has 1 aromatic rings. The van der Waals surface area contributed by atoms with Gasteiger partial charge in [0.05, 0.1) is 0 Å². The Bertz CT molecular complexity index is 472. The van der Waals surface area contributed by atoms with Crippen LogP contribution in [0.1, 0.15) is 37.4 Å². The van der Waals surface area contributed by atoms with Crippen molar-refractivity contribution >= 4 is 11.6 Å². The van der Waals surface area contributed by atoms with Crippen molar-refractivity contribution < 1.29 is 4.79 Å². The van der Waals surface area contributed by atoms with E-state index in [1.807, 2.05) is 6.07 Å². The molecule has 0 spiro atoms. The molecule has 0 aliphatic carbocycles. The Morgan fingerprint density at radius 1 is 1.53 bits per heavy atom. The normalized spacial score (nSPS) is 17.1. The Kier molecular flexibility index (Phi) is 4.10. The van der Waals surface area contributed by atoms with Crippen molar-refractivity contribution in [2.45, 2.75) is 38.8 Å². The third-order valence-electron chi connectivity index (χ3n) is 3.91. The SMILES string of the molecule is CCC(C)NC(C(N)=O)c1ccc2c(c1)CCN2C. The first-order valence-corrected chi connectivity index (χ1v) is 6.92. The third kappa shape index (κ3) is 2.89. The van der Waals surface area contributed by atoms with Gasteiger partial charge in [0.2, 0.25) is 5.91 Å². The van der Waals surface area contributed by atoms with E-state index < -0.39 is 6.04 Å². The molecular weight excluding hydrogens is 238 g/mol. The number of benzene rings is 1. The molecule has 2 unspecified atom stereocenters. The lowest BCUT2D eigenvalue weighted by atomic mass is 10.0. The second-order valence-electron chi connectivity index (χ2n) is 5.37. The van der Waals surface area contributed by atoms with Crippen molar-refractivity contribution in [2.75, 3.05) is 18.5 Å². The molecule has 2 atom stereocenters. The number of likely N-dealkylation sites (N-methyl/N-ethyl adjacent to an activating group) is 1. The molecule has 19 heavy (non-hydrogen) atoms. The number of rotatable bonds is 5. The predicted octanol–water partition coefficient (Wildman–Crippen LogP) is 1.59. The van der Waals surface area contributed by atoms with Crippen LogP contribution < -0.4 is 16.0 Å². The molecule has 4 nitrogen and oxygen atoms in total. The molecule has 3 N–H and O–H groups in total. The van der Waals surface area contributed by atoms with E-state index in [1.54, 1.807) is 0 Å². The van der Waals surface area contributed by atoms with Crippen molar-refractivity contribution in [3.8, 4) is 0 Å². The summed E-state index contributed by atoms with van der Waals surface area (Å²) >= 11 is 0. The van der Waals surface area contributed by atoms with E-state index in [4.69, 9.17) is 5.73 Å². The number of carbonyl (C=O) groups excluding carboxylic acids is 1. The van der Waals surface area contributed by atoms with E-state index in [2.05, 4.69) is 43.2 Å². The highest BCUT2D eigenvalue weighted by Crippen LogP contribution is 2.29. The summed E-state index contributed by atoms with van der Waals surface area (Å²) in [6, 6.07) is 6.08. The van der Waals surface area contributed by atoms with E-state index in [-0.39, 0.29) is 11.9 Å². The van der Waals surface area contributed by atoms with E-state index in [0.29, 0.717) is 0 Å². The largest absolute Gasteiger partial charge is 0.374 e. The topological polar surface area (TPSA) is 58.4 Å². The fourth-order valence-electron chi connectivity index (χ4n) is 2.51. The standard InChI is InChI=1S/C15H23N3O/c1-4-10(2)17-14(15(16)19)12-5-6-13-11(9-12)7-8-18(13)3/h5-6,9-10,14,17H,4,7-8H2,1-3H3,(H2,16,19). The maximum absolute atomic E-state index is 11.7. The minimum absolute atomic E-state index is 0.272. The fraction of sp³-hybridized carbons (Fsp3) is 0.533. The smallest absolute Gasteiger partial charge is 0.239 e. The van der Waals surface area contributed by atoms with Gasteiger partial charge in [0.25, 0.3) is 0 Å². The zero-order valence-electron chi connectivity index (χ0n) is 11.9. The molecule has 0 saturated carbocycles. The van der Waals surface area contributed by atoms with Gasteiger partial charge >= 0.3 is 0 Å². The number of hydrogen-bond acceptors (Lipinski definition) is 3. The second kappa shape index (κ2) is 5.61. The van der Waals surface area contributed by atoms with Crippen molar-refractivity contribution in [3.05, 3.63) is 29.3 Å². The first-order valence-electron chi connectivity index (χ1n) is 6.92. The van der Waals surface area contributed by atoms with Gasteiger partial charge in [-0.2, -0.15) is 0 Å². The summed E-state index contributed by atoms with van der Waals surface area (Å²) in [6.45, 7) is 5.20. The maximum atomic E-state index is 11.7. The summed E-state index contributed by atoms with van der Waals surface area (Å²) in [6.07, 6.45) is 2.01. The van der Waals surface area contributed by atoms with E-state index in [0.717, 1.165) is 24.9 Å². The lowest BCUT2D eigenvalue weighted by Crippen LogP contribution is -2.38. The van der Waals surface area contributed by atoms with Crippen LogP contribution in [0.15, 0.2) is 18.2 Å². The number of nitrogens with zero attached hydrogens (tertiary/aromatic N) is 1. The number of hydrogen-bond donors (Lipinski definition) is 2. The van der Waals surface area contributed by atoms with Gasteiger partial charge in [0, 0.05) is 25.3 Å². The van der Waals surface area contributed by atoms with Crippen LogP contribution in [-0.2, 0) is 11.2 Å². The lowest BCUT2D eigenvalue weighted by molar-refractivity contribution is -0.120. The molecule has 4 heteroatoms. The number of nitrogens with one attached hydrogen (secondary N) is 1. The van der Waals surface area contributed by atoms with Crippen LogP contribution in [0.3, 0.4) is 0 Å². The summed E-state index contributed by atoms with van der Waals surface area (Å²) in [7, 11) is 2.09. The number of primary amides is 1. The van der Waals surface area contributed by atoms with Crippen LogP contribution in [-0.4, -0.2) is 25.5 Å². The average Bonchev–Trinajstić information content (AvgIpc) is 2.76. The molecule has 1 heterocycles. The molecule has 1 amide bonds. The second-order valence-corrected chi connectivity index (χ2v) is 5.37. The van der Waals surface area contributed by atoms with E-state index in [1.165, 1.54) is 11.3 Å². The van der Waals surface area contributed by atoms with Gasteiger partial charge in [-0.15, -0.1) is 0 Å². The number of carbonyl (C=O) groups is 1. The van der Waals surface area contributed by atoms with Crippen molar-refractivity contribution in [3.63, 3.8) is 0 Å². The van der Waals surface area contributed by atoms with Crippen LogP contribution >= 0.6 is 0 Å². The van der Waals surface area contributed by atoms with Crippen LogP contribution in [0, 0.1) is 0 Å². The van der Waals surface area contributed by atoms with Crippen LogP contribution in [0.25, 0.3) is 0 Å². The van der Waals surface area contributed by atoms with Crippen LogP contribution in [0.4, 0.5) is 5.69 Å². The predicted molar refractivity (Wildman–Crippen MR) is 78.2 cm³/mol. The Hall–Kier alpha value is -1.55. The number of nitrogens with two attached hydrogens (primary N) is 1. The third-order valence-corrected chi connectivity index (χ3v) is 3.91. The summed E-state index contributed by atoms with van der Waals surface area (Å²) in [5.41, 5.74) is 9.07. The van der Waals surface area contributed by atoms with Crippen molar-refractivity contribution in [1.29, 1.82) is 0 Å². The van der Waals surface area contributed by atoms with Gasteiger partial charge in [-0.05, 0) is 37.0 Å². The summed E-state index contributed by atoms with van der Waals surface area (Å²) in [5.74, 6) is -0.313. The summed E-state index contributed by atoms with van der Waals surface area (Å²) in [4.78, 5) is 13.9. The average molecular weight is 261 g/mol. The molecule has 0 bridgehead atoms. The van der Waals surface area contributed by atoms with Gasteiger partial charge in [-0.3, -0.25) is 10.1 Å². The quantitative estimate of drug-likeness (QED) is 0.846. The van der Waals surface area contributed by atoms with Gasteiger partial charge in [0.15, 0.2) is 0 Å². The highest BCUT2D eigenvalue weighted by atomic mass is 16.1. The Morgan fingerprint density at radius 2 is 2.26 bits per heavy atom. The molecular formula is C15H23N3O.